The fraction of sp³-hybridized carbons (Fsp3) is 0. The third-order valence-electron chi connectivity index (χ3n) is 0. The summed E-state index contributed by atoms with van der Waals surface area (Å²) >= 11 is 0. The minimum Gasteiger partial charge on any atom is -0.320 e. The van der Waals surface area contributed by atoms with Gasteiger partial charge in [0.25, 0.3) is 0 Å². The van der Waals surface area contributed by atoms with E-state index in [1.807, 2.05) is 6.79 Å². The first-order chi connectivity index (χ1) is 4.00. The highest BCUT2D eigenvalue weighted by molar-refractivity contribution is 7.79. The lowest BCUT2D eigenvalue weighted by atomic mass is 11.9. The van der Waals surface area contributed by atoms with Crippen molar-refractivity contribution in [3.8, 4) is 0 Å². The highest BCUT2D eigenvalue weighted by Crippen LogP contribution is 1.59. The fourth-order valence-electron chi connectivity index (χ4n) is 0. The first-order valence-corrected chi connectivity index (χ1v) is 2.64. The van der Waals surface area contributed by atoms with Crippen LogP contribution in [-0.4, -0.2) is 29.5 Å². The van der Waals surface area contributed by atoms with E-state index < -0.39 is 10.4 Å². The van der Waals surface area contributed by atoms with Gasteiger partial charge in [-0.2, -0.15) is 8.42 Å². The topological polar surface area (TPSA) is 138 Å². The van der Waals surface area contributed by atoms with Crippen LogP contribution in [0.3, 0.4) is 0 Å². The Morgan fingerprint density at radius 3 is 1.11 bits per heavy atom. The Morgan fingerprint density at radius 1 is 1.11 bits per heavy atom. The molecule has 0 aromatic rings. The minimum absolute atomic E-state index is 2.00. The number of hydrogen-bond acceptors (Lipinski definition) is 5. The monoisotopic (exact) mass is 161 g/mol. The molecule has 58 valence electrons. The Kier molecular flexibility index (Phi) is 18.3. The van der Waals surface area contributed by atoms with Crippen molar-refractivity contribution in [1.29, 1.82) is 0 Å². The van der Waals surface area contributed by atoms with Crippen LogP contribution in [0.25, 0.3) is 0 Å². The molecule has 5 N–H and O–H groups in total. The van der Waals surface area contributed by atoms with Crippen molar-refractivity contribution >= 4 is 17.2 Å². The lowest BCUT2D eigenvalue weighted by Crippen LogP contribution is -1.89. The molecule has 0 heterocycles. The molecule has 0 aromatic carbocycles. The molecule has 0 bridgehead atoms. The molecule has 0 aliphatic carbocycles. The van der Waals surface area contributed by atoms with Gasteiger partial charge in [0.1, 0.15) is 6.79 Å². The fourth-order valence-corrected chi connectivity index (χ4v) is 0. The molecule has 8 heteroatoms. The molecule has 0 aliphatic rings. The maximum absolute atomic E-state index is 8.74. The summed E-state index contributed by atoms with van der Waals surface area (Å²) in [6, 6.07) is 0. The second kappa shape index (κ2) is 10.4. The summed E-state index contributed by atoms with van der Waals surface area (Å²) in [5.74, 6) is 3.50. The van der Waals surface area contributed by atoms with E-state index in [1.54, 1.807) is 0 Å². The number of carbonyl (C=O) groups excluding carboxylic acids is 1. The third-order valence-corrected chi connectivity index (χ3v) is 0. The first-order valence-electron chi connectivity index (χ1n) is 1.25. The number of nitrogens with two attached hydrogens (primary N) is 1. The van der Waals surface area contributed by atoms with Crippen LogP contribution >= 0.6 is 0 Å². The van der Waals surface area contributed by atoms with Crippen LogP contribution in [0.15, 0.2) is 0 Å². The molecule has 0 rings (SSSR count). The predicted molar refractivity (Wildman–Crippen MR) is 27.3 cm³/mol. The second-order valence-corrected chi connectivity index (χ2v) is 1.34. The van der Waals surface area contributed by atoms with Crippen molar-refractivity contribution in [1.82, 2.24) is 0 Å². The highest BCUT2D eigenvalue weighted by atomic mass is 32.3. The summed E-state index contributed by atoms with van der Waals surface area (Å²) in [5, 5.41) is 6.50. The van der Waals surface area contributed by atoms with Crippen LogP contribution in [0.4, 0.5) is 0 Å². The Labute approximate surface area is 51.6 Å². The van der Waals surface area contributed by atoms with Crippen molar-refractivity contribution in [2.75, 3.05) is 0 Å². The van der Waals surface area contributed by atoms with Gasteiger partial charge in [-0.1, -0.05) is 0 Å². The molecule has 0 saturated carbocycles. The summed E-state index contributed by atoms with van der Waals surface area (Å²) in [6.07, 6.45) is 0. The van der Waals surface area contributed by atoms with Gasteiger partial charge in [-0.05, 0) is 0 Å². The Bertz CT molecular complexity index is 107. The molecule has 0 atom stereocenters. The summed E-state index contributed by atoms with van der Waals surface area (Å²) in [5.41, 5.74) is 0. The van der Waals surface area contributed by atoms with Gasteiger partial charge < -0.3 is 10.0 Å². The van der Waals surface area contributed by atoms with E-state index in [2.05, 4.69) is 5.90 Å². The van der Waals surface area contributed by atoms with Gasteiger partial charge in [0.05, 0.1) is 0 Å². The van der Waals surface area contributed by atoms with Gasteiger partial charge in [0.15, 0.2) is 0 Å². The van der Waals surface area contributed by atoms with Crippen molar-refractivity contribution in [3.63, 3.8) is 0 Å². The zero-order chi connectivity index (χ0) is 8.50. The van der Waals surface area contributed by atoms with E-state index in [0.717, 1.165) is 0 Å². The van der Waals surface area contributed by atoms with Crippen molar-refractivity contribution in [2.45, 2.75) is 0 Å². The van der Waals surface area contributed by atoms with E-state index in [4.69, 9.17) is 27.5 Å². The van der Waals surface area contributed by atoms with Crippen LogP contribution < -0.4 is 5.90 Å². The molecule has 0 amide bonds. The molecule has 0 radical (unpaired) electrons. The van der Waals surface area contributed by atoms with Crippen molar-refractivity contribution in [2.24, 2.45) is 5.90 Å². The van der Waals surface area contributed by atoms with E-state index in [1.165, 1.54) is 0 Å². The van der Waals surface area contributed by atoms with Gasteiger partial charge in [-0.15, -0.1) is 0 Å². The Balaban J connectivity index is -0.0000000771. The quantitative estimate of drug-likeness (QED) is 0.250. The van der Waals surface area contributed by atoms with Crippen molar-refractivity contribution < 1.29 is 27.5 Å². The molecular formula is CH7NO6S. The Hall–Kier alpha value is -0.540. The lowest BCUT2D eigenvalue weighted by Gasteiger charge is -1.68. The van der Waals surface area contributed by atoms with Crippen LogP contribution in [0.5, 0.6) is 0 Å². The molecule has 0 spiro atoms. The minimum atomic E-state index is -4.67. The average Bonchev–Trinajstić information content (AvgIpc) is 1.72. The molecular weight excluding hydrogens is 154 g/mol. The zero-order valence-electron chi connectivity index (χ0n) is 4.26. The smallest absolute Gasteiger partial charge is 0.320 e. The van der Waals surface area contributed by atoms with Crippen LogP contribution in [0.2, 0.25) is 0 Å². The predicted octanol–water partition coefficient (Wildman–Crippen LogP) is -1.50. The van der Waals surface area contributed by atoms with E-state index in [-0.39, 0.29) is 0 Å². The van der Waals surface area contributed by atoms with Crippen LogP contribution in [-0.2, 0) is 15.2 Å². The molecule has 0 saturated heterocycles. The normalized spacial score (nSPS) is 7.56. The average molecular weight is 161 g/mol. The SMILES string of the molecule is C=O.NO.O=S(=O)(O)O. The number of rotatable bonds is 0. The largest absolute Gasteiger partial charge is 0.394 e. The maximum Gasteiger partial charge on any atom is 0.394 e. The molecule has 0 aromatic heterocycles. The molecule has 0 unspecified atom stereocenters. The third kappa shape index (κ3) is 763. The summed E-state index contributed by atoms with van der Waals surface area (Å²) in [6.45, 7) is 2.00. The lowest BCUT2D eigenvalue weighted by molar-refractivity contribution is -0.0979. The molecule has 0 fully saturated rings. The summed E-state index contributed by atoms with van der Waals surface area (Å²) < 4.78 is 31.6. The van der Waals surface area contributed by atoms with Gasteiger partial charge in [-0.3, -0.25) is 9.11 Å². The standard InChI is InChI=1S/CH2O.H3NO.H2O4S/c2*1-2;1-5(2,3)4/h1H2;2H,1H2;(H2,1,2,3,4). The van der Waals surface area contributed by atoms with Gasteiger partial charge in [-0.25, -0.2) is 5.90 Å². The summed E-state index contributed by atoms with van der Waals surface area (Å²) in [7, 11) is -4.67. The number of hydrogen-bond donors (Lipinski definition) is 4. The molecule has 0 aliphatic heterocycles. The van der Waals surface area contributed by atoms with Crippen LogP contribution in [0, 0.1) is 0 Å². The van der Waals surface area contributed by atoms with Gasteiger partial charge >= 0.3 is 10.4 Å². The maximum atomic E-state index is 8.74. The number of carbonyl (C=O) groups is 1. The van der Waals surface area contributed by atoms with Gasteiger partial charge in [0, 0.05) is 0 Å². The van der Waals surface area contributed by atoms with E-state index >= 15 is 0 Å². The molecule has 7 nitrogen and oxygen atoms in total. The Morgan fingerprint density at radius 2 is 1.11 bits per heavy atom. The second-order valence-electron chi connectivity index (χ2n) is 0.448. The van der Waals surface area contributed by atoms with Gasteiger partial charge in [0.2, 0.25) is 0 Å². The van der Waals surface area contributed by atoms with E-state index in [0.29, 0.717) is 0 Å². The van der Waals surface area contributed by atoms with Crippen molar-refractivity contribution in [3.05, 3.63) is 0 Å². The zero-order valence-corrected chi connectivity index (χ0v) is 5.08. The van der Waals surface area contributed by atoms with E-state index in [9.17, 15) is 0 Å². The summed E-state index contributed by atoms with van der Waals surface area (Å²) in [4.78, 5) is 8.00. The highest BCUT2D eigenvalue weighted by Gasteiger charge is 1.84. The van der Waals surface area contributed by atoms with Crippen LogP contribution in [0.1, 0.15) is 0 Å². The first kappa shape index (κ1) is 15.8. The molecule has 9 heavy (non-hydrogen) atoms.